The van der Waals surface area contributed by atoms with Crippen LogP contribution in [0.1, 0.15) is 24.3 Å². The Balaban J connectivity index is 2.39. The summed E-state index contributed by atoms with van der Waals surface area (Å²) >= 11 is 0. The molecule has 6 heteroatoms. The van der Waals surface area contributed by atoms with Crippen molar-refractivity contribution < 1.29 is 19.0 Å². The molecule has 1 N–H and O–H groups in total. The molecule has 1 heterocycles. The van der Waals surface area contributed by atoms with Gasteiger partial charge in [-0.05, 0) is 38.1 Å². The van der Waals surface area contributed by atoms with Gasteiger partial charge in [-0.2, -0.15) is 5.10 Å². The predicted molar refractivity (Wildman–Crippen MR) is 71.3 cm³/mol. The molecule has 2 rings (SSSR count). The lowest BCUT2D eigenvalue weighted by Gasteiger charge is -2.11. The van der Waals surface area contributed by atoms with Gasteiger partial charge in [0.05, 0.1) is 11.8 Å². The number of carboxylic acids is 1. The van der Waals surface area contributed by atoms with Crippen molar-refractivity contribution in [3.63, 3.8) is 0 Å². The van der Waals surface area contributed by atoms with E-state index < -0.39 is 11.8 Å². The molecular formula is C14H15FN2O3. The van der Waals surface area contributed by atoms with Crippen LogP contribution in [0.3, 0.4) is 0 Å². The van der Waals surface area contributed by atoms with Gasteiger partial charge in [0.1, 0.15) is 0 Å². The monoisotopic (exact) mass is 278 g/mol. The Morgan fingerprint density at radius 1 is 1.40 bits per heavy atom. The Labute approximate surface area is 115 Å². The maximum Gasteiger partial charge on any atom is 0.356 e. The standard InChI is InChI=1S/C14H15FN2O3/c1-8(2)20-13-5-4-9(6-10(13)15)12-7-11(14(18)19)16-17(12)3/h4-8H,1-3H3,(H,18,19). The molecule has 0 atom stereocenters. The number of hydrogen-bond acceptors (Lipinski definition) is 3. The number of carboxylic acid groups (broad SMARTS) is 1. The molecule has 0 aliphatic carbocycles. The zero-order chi connectivity index (χ0) is 14.9. The summed E-state index contributed by atoms with van der Waals surface area (Å²) in [5.41, 5.74) is 0.990. The predicted octanol–water partition coefficient (Wildman–Crippen LogP) is 2.71. The summed E-state index contributed by atoms with van der Waals surface area (Å²) < 4.78 is 20.6. The summed E-state index contributed by atoms with van der Waals surface area (Å²) in [4.78, 5) is 10.9. The zero-order valence-corrected chi connectivity index (χ0v) is 11.4. The Bertz CT molecular complexity index is 650. The first-order chi connectivity index (χ1) is 9.38. The molecular weight excluding hydrogens is 263 g/mol. The Kier molecular flexibility index (Phi) is 3.74. The summed E-state index contributed by atoms with van der Waals surface area (Å²) in [7, 11) is 1.61. The van der Waals surface area contributed by atoms with Crippen molar-refractivity contribution in [1.82, 2.24) is 9.78 Å². The van der Waals surface area contributed by atoms with E-state index in [1.807, 2.05) is 13.8 Å². The second-order valence-corrected chi connectivity index (χ2v) is 4.66. The Morgan fingerprint density at radius 2 is 2.10 bits per heavy atom. The van der Waals surface area contributed by atoms with Crippen LogP contribution >= 0.6 is 0 Å². The van der Waals surface area contributed by atoms with E-state index in [2.05, 4.69) is 5.10 Å². The van der Waals surface area contributed by atoms with Crippen LogP contribution in [0.15, 0.2) is 24.3 Å². The first-order valence-electron chi connectivity index (χ1n) is 6.12. The number of carbonyl (C=O) groups is 1. The normalized spacial score (nSPS) is 10.8. The third-order valence-electron chi connectivity index (χ3n) is 2.69. The van der Waals surface area contributed by atoms with Gasteiger partial charge in [0.25, 0.3) is 0 Å². The number of benzene rings is 1. The molecule has 0 aliphatic rings. The molecule has 0 saturated carbocycles. The van der Waals surface area contributed by atoms with Crippen LogP contribution in [0.2, 0.25) is 0 Å². The van der Waals surface area contributed by atoms with Crippen LogP contribution in [0, 0.1) is 5.82 Å². The summed E-state index contributed by atoms with van der Waals surface area (Å²) in [5.74, 6) is -1.44. The second kappa shape index (κ2) is 5.32. The van der Waals surface area contributed by atoms with E-state index in [0.29, 0.717) is 11.3 Å². The first-order valence-corrected chi connectivity index (χ1v) is 6.12. The molecule has 0 aliphatic heterocycles. The van der Waals surface area contributed by atoms with E-state index in [1.165, 1.54) is 22.9 Å². The largest absolute Gasteiger partial charge is 0.488 e. The number of nitrogens with zero attached hydrogens (tertiary/aromatic N) is 2. The van der Waals surface area contributed by atoms with Gasteiger partial charge in [-0.25, -0.2) is 9.18 Å². The van der Waals surface area contributed by atoms with Crippen LogP contribution in [0.4, 0.5) is 4.39 Å². The van der Waals surface area contributed by atoms with Crippen LogP contribution in [-0.2, 0) is 7.05 Å². The van der Waals surface area contributed by atoms with Crippen LogP contribution in [0.5, 0.6) is 5.75 Å². The third-order valence-corrected chi connectivity index (χ3v) is 2.69. The van der Waals surface area contributed by atoms with E-state index >= 15 is 0 Å². The highest BCUT2D eigenvalue weighted by Crippen LogP contribution is 2.26. The van der Waals surface area contributed by atoms with Gasteiger partial charge in [0, 0.05) is 12.6 Å². The molecule has 1 aromatic heterocycles. The van der Waals surface area contributed by atoms with Crippen molar-refractivity contribution >= 4 is 5.97 Å². The van der Waals surface area contributed by atoms with Crippen molar-refractivity contribution in [3.05, 3.63) is 35.8 Å². The molecule has 0 radical (unpaired) electrons. The van der Waals surface area contributed by atoms with Gasteiger partial charge in [0.15, 0.2) is 17.3 Å². The quantitative estimate of drug-likeness (QED) is 0.934. The molecule has 2 aromatic rings. The fraction of sp³-hybridized carbons (Fsp3) is 0.286. The summed E-state index contributed by atoms with van der Waals surface area (Å²) in [6, 6.07) is 5.90. The maximum atomic E-state index is 13.9. The molecule has 0 saturated heterocycles. The molecule has 1 aromatic carbocycles. The number of ether oxygens (including phenoxy) is 1. The van der Waals surface area contributed by atoms with Crippen molar-refractivity contribution in [2.75, 3.05) is 0 Å². The van der Waals surface area contributed by atoms with E-state index in [0.717, 1.165) is 0 Å². The summed E-state index contributed by atoms with van der Waals surface area (Å²) in [6.45, 7) is 3.63. The number of aromatic carboxylic acids is 1. The van der Waals surface area contributed by atoms with Gasteiger partial charge < -0.3 is 9.84 Å². The lowest BCUT2D eigenvalue weighted by Crippen LogP contribution is -2.07. The Hall–Kier alpha value is -2.37. The van der Waals surface area contributed by atoms with Gasteiger partial charge in [0.2, 0.25) is 0 Å². The van der Waals surface area contributed by atoms with Gasteiger partial charge in [-0.15, -0.1) is 0 Å². The number of aromatic nitrogens is 2. The minimum absolute atomic E-state index is 0.0783. The highest BCUT2D eigenvalue weighted by molar-refractivity contribution is 5.87. The number of aryl methyl sites for hydroxylation is 1. The van der Waals surface area contributed by atoms with E-state index in [1.54, 1.807) is 13.1 Å². The SMILES string of the molecule is CC(C)Oc1ccc(-c2cc(C(=O)O)nn2C)cc1F. The first kappa shape index (κ1) is 14.0. The van der Waals surface area contributed by atoms with Crippen LogP contribution in [-0.4, -0.2) is 27.0 Å². The molecule has 0 fully saturated rings. The molecule has 5 nitrogen and oxygen atoms in total. The topological polar surface area (TPSA) is 64.3 Å². The second-order valence-electron chi connectivity index (χ2n) is 4.66. The minimum atomic E-state index is -1.12. The lowest BCUT2D eigenvalue weighted by molar-refractivity contribution is 0.0689. The van der Waals surface area contributed by atoms with Gasteiger partial charge >= 0.3 is 5.97 Å². The number of halogens is 1. The van der Waals surface area contributed by atoms with E-state index in [4.69, 9.17) is 9.84 Å². The zero-order valence-electron chi connectivity index (χ0n) is 11.4. The average Bonchev–Trinajstić information content (AvgIpc) is 2.74. The number of hydrogen-bond donors (Lipinski definition) is 1. The fourth-order valence-corrected chi connectivity index (χ4v) is 1.85. The van der Waals surface area contributed by atoms with E-state index in [-0.39, 0.29) is 17.5 Å². The smallest absolute Gasteiger partial charge is 0.356 e. The van der Waals surface area contributed by atoms with Gasteiger partial charge in [-0.1, -0.05) is 0 Å². The summed E-state index contributed by atoms with van der Waals surface area (Å²) in [6.07, 6.45) is -0.120. The van der Waals surface area contributed by atoms with E-state index in [9.17, 15) is 9.18 Å². The maximum absolute atomic E-state index is 13.9. The fourth-order valence-electron chi connectivity index (χ4n) is 1.85. The van der Waals surface area contributed by atoms with Crippen molar-refractivity contribution in [3.8, 4) is 17.0 Å². The molecule has 0 bridgehead atoms. The van der Waals surface area contributed by atoms with Crippen molar-refractivity contribution in [1.29, 1.82) is 0 Å². The minimum Gasteiger partial charge on any atom is -0.488 e. The molecule has 0 unspecified atom stereocenters. The van der Waals surface area contributed by atoms with Crippen LogP contribution < -0.4 is 4.74 Å². The molecule has 0 amide bonds. The lowest BCUT2D eigenvalue weighted by atomic mass is 10.1. The van der Waals surface area contributed by atoms with Crippen molar-refractivity contribution in [2.24, 2.45) is 7.05 Å². The highest BCUT2D eigenvalue weighted by atomic mass is 19.1. The molecule has 0 spiro atoms. The molecule has 20 heavy (non-hydrogen) atoms. The highest BCUT2D eigenvalue weighted by Gasteiger charge is 2.14. The Morgan fingerprint density at radius 3 is 2.60 bits per heavy atom. The third kappa shape index (κ3) is 2.79. The average molecular weight is 278 g/mol. The van der Waals surface area contributed by atoms with Gasteiger partial charge in [-0.3, -0.25) is 4.68 Å². The molecule has 106 valence electrons. The number of rotatable bonds is 4. The van der Waals surface area contributed by atoms with Crippen molar-refractivity contribution in [2.45, 2.75) is 20.0 Å². The summed E-state index contributed by atoms with van der Waals surface area (Å²) in [5, 5.41) is 12.7. The van der Waals surface area contributed by atoms with Crippen LogP contribution in [0.25, 0.3) is 11.3 Å².